The first kappa shape index (κ1) is 16.1. The van der Waals surface area contributed by atoms with Crippen molar-refractivity contribution in [3.8, 4) is 0 Å². The van der Waals surface area contributed by atoms with E-state index in [4.69, 9.17) is 23.2 Å². The van der Waals surface area contributed by atoms with E-state index < -0.39 is 6.09 Å². The number of ether oxygens (including phenoxy) is 1. The Balaban J connectivity index is 2.68. The molecule has 106 valence electrons. The van der Waals surface area contributed by atoms with Crippen molar-refractivity contribution in [2.75, 3.05) is 13.7 Å². The number of carbonyl (C=O) groups is 1. The highest BCUT2D eigenvalue weighted by Crippen LogP contribution is 2.29. The Bertz CT molecular complexity index is 427. The van der Waals surface area contributed by atoms with E-state index in [9.17, 15) is 4.79 Å². The summed E-state index contributed by atoms with van der Waals surface area (Å²) in [7, 11) is 1.32. The first-order valence-corrected chi connectivity index (χ1v) is 6.85. The first-order chi connectivity index (χ1) is 9.08. The summed E-state index contributed by atoms with van der Waals surface area (Å²) in [5, 5.41) is 1.26. The van der Waals surface area contributed by atoms with Crippen LogP contribution in [0.15, 0.2) is 18.2 Å². The van der Waals surface area contributed by atoms with Gasteiger partial charge in [0.1, 0.15) is 0 Å². The van der Waals surface area contributed by atoms with Crippen molar-refractivity contribution < 1.29 is 9.53 Å². The second-order valence-electron chi connectivity index (χ2n) is 4.15. The molecule has 19 heavy (non-hydrogen) atoms. The van der Waals surface area contributed by atoms with Gasteiger partial charge < -0.3 is 4.74 Å². The van der Waals surface area contributed by atoms with Crippen LogP contribution in [0.5, 0.6) is 0 Å². The topological polar surface area (TPSA) is 50.4 Å². The normalized spacial score (nSPS) is 12.0. The van der Waals surface area contributed by atoms with E-state index in [-0.39, 0.29) is 5.92 Å². The Morgan fingerprint density at radius 1 is 1.42 bits per heavy atom. The van der Waals surface area contributed by atoms with Crippen molar-refractivity contribution >= 4 is 29.3 Å². The lowest BCUT2D eigenvalue weighted by Gasteiger charge is -2.19. The molecule has 1 aromatic rings. The van der Waals surface area contributed by atoms with E-state index in [0.29, 0.717) is 16.6 Å². The highest BCUT2D eigenvalue weighted by molar-refractivity contribution is 6.35. The summed E-state index contributed by atoms with van der Waals surface area (Å²) in [6.07, 6.45) is 1.46. The molecular weight excluding hydrogens is 287 g/mol. The number of hydrogen-bond acceptors (Lipinski definition) is 3. The van der Waals surface area contributed by atoms with Gasteiger partial charge in [-0.1, -0.05) is 42.6 Å². The standard InChI is InChI=1S/C13H18Cl2N2O2/c1-3-4-9(8-16-17-13(18)19-2)11-6-5-10(14)7-12(11)15/h5-7,9,16H,3-4,8H2,1-2H3,(H,17,18). The van der Waals surface area contributed by atoms with Gasteiger partial charge in [-0.15, -0.1) is 0 Å². The van der Waals surface area contributed by atoms with Gasteiger partial charge in [-0.25, -0.2) is 10.2 Å². The minimum absolute atomic E-state index is 0.201. The molecule has 0 aromatic heterocycles. The van der Waals surface area contributed by atoms with E-state index in [0.717, 1.165) is 18.4 Å². The maximum atomic E-state index is 11.0. The molecule has 0 radical (unpaired) electrons. The number of amides is 1. The molecule has 0 saturated heterocycles. The zero-order valence-electron chi connectivity index (χ0n) is 11.0. The molecule has 1 amide bonds. The summed E-state index contributed by atoms with van der Waals surface area (Å²) in [6.45, 7) is 2.68. The third-order valence-electron chi connectivity index (χ3n) is 2.76. The Hall–Kier alpha value is -0.970. The zero-order valence-corrected chi connectivity index (χ0v) is 12.5. The van der Waals surface area contributed by atoms with Gasteiger partial charge in [0.15, 0.2) is 0 Å². The number of methoxy groups -OCH3 is 1. The molecule has 1 atom stereocenters. The van der Waals surface area contributed by atoms with Crippen molar-refractivity contribution in [3.05, 3.63) is 33.8 Å². The first-order valence-electron chi connectivity index (χ1n) is 6.10. The Kier molecular flexibility index (Phi) is 6.99. The summed E-state index contributed by atoms with van der Waals surface area (Å²) in [4.78, 5) is 11.0. The minimum Gasteiger partial charge on any atom is -0.452 e. The molecule has 0 saturated carbocycles. The molecule has 0 bridgehead atoms. The van der Waals surface area contributed by atoms with Crippen LogP contribution in [0.25, 0.3) is 0 Å². The molecule has 0 heterocycles. The third kappa shape index (κ3) is 5.27. The van der Waals surface area contributed by atoms with Gasteiger partial charge >= 0.3 is 6.09 Å². The average molecular weight is 305 g/mol. The maximum Gasteiger partial charge on any atom is 0.421 e. The molecule has 0 fully saturated rings. The summed E-state index contributed by atoms with van der Waals surface area (Å²) in [5.41, 5.74) is 6.31. The number of rotatable bonds is 6. The van der Waals surface area contributed by atoms with Crippen LogP contribution >= 0.6 is 23.2 Å². The molecule has 2 N–H and O–H groups in total. The van der Waals surface area contributed by atoms with Gasteiger partial charge in [0.25, 0.3) is 0 Å². The summed E-state index contributed by atoms with van der Waals surface area (Å²) in [6, 6.07) is 5.47. The molecule has 1 unspecified atom stereocenters. The van der Waals surface area contributed by atoms with E-state index >= 15 is 0 Å². The van der Waals surface area contributed by atoms with E-state index in [1.165, 1.54) is 7.11 Å². The van der Waals surface area contributed by atoms with Gasteiger partial charge in [0.2, 0.25) is 0 Å². The van der Waals surface area contributed by atoms with Gasteiger partial charge in [-0.3, -0.25) is 5.43 Å². The van der Waals surface area contributed by atoms with Crippen LogP contribution in [0, 0.1) is 0 Å². The van der Waals surface area contributed by atoms with Crippen molar-refractivity contribution in [3.63, 3.8) is 0 Å². The highest BCUT2D eigenvalue weighted by Gasteiger charge is 2.14. The van der Waals surface area contributed by atoms with Crippen LogP contribution in [-0.2, 0) is 4.74 Å². The number of hydrogen-bond donors (Lipinski definition) is 2. The molecule has 1 aromatic carbocycles. The lowest BCUT2D eigenvalue weighted by molar-refractivity contribution is 0.165. The van der Waals surface area contributed by atoms with Crippen molar-refractivity contribution in [1.29, 1.82) is 0 Å². The largest absolute Gasteiger partial charge is 0.452 e. The Labute approximate surface area is 123 Å². The van der Waals surface area contributed by atoms with Crippen LogP contribution < -0.4 is 10.9 Å². The van der Waals surface area contributed by atoms with Crippen molar-refractivity contribution in [1.82, 2.24) is 10.9 Å². The maximum absolute atomic E-state index is 11.0. The molecular formula is C13H18Cl2N2O2. The molecule has 0 aliphatic carbocycles. The van der Waals surface area contributed by atoms with E-state index in [2.05, 4.69) is 22.5 Å². The molecule has 1 rings (SSSR count). The lowest BCUT2D eigenvalue weighted by Crippen LogP contribution is -2.39. The van der Waals surface area contributed by atoms with Crippen LogP contribution in [0.3, 0.4) is 0 Å². The molecule has 6 heteroatoms. The summed E-state index contributed by atoms with van der Waals surface area (Å²) >= 11 is 12.1. The number of hydrazine groups is 1. The van der Waals surface area contributed by atoms with Crippen LogP contribution in [0.4, 0.5) is 4.79 Å². The van der Waals surface area contributed by atoms with Gasteiger partial charge in [-0.05, 0) is 30.0 Å². The van der Waals surface area contributed by atoms with Crippen LogP contribution in [-0.4, -0.2) is 19.7 Å². The molecule has 0 aliphatic rings. The SMILES string of the molecule is CCCC(CNNC(=O)OC)c1ccc(Cl)cc1Cl. The van der Waals surface area contributed by atoms with Crippen molar-refractivity contribution in [2.45, 2.75) is 25.7 Å². The number of halogens is 2. The fourth-order valence-electron chi connectivity index (χ4n) is 1.85. The zero-order chi connectivity index (χ0) is 14.3. The monoisotopic (exact) mass is 304 g/mol. The smallest absolute Gasteiger partial charge is 0.421 e. The minimum atomic E-state index is -0.516. The van der Waals surface area contributed by atoms with E-state index in [1.807, 2.05) is 12.1 Å². The highest BCUT2D eigenvalue weighted by atomic mass is 35.5. The predicted molar refractivity (Wildman–Crippen MR) is 77.7 cm³/mol. The third-order valence-corrected chi connectivity index (χ3v) is 3.33. The quantitative estimate of drug-likeness (QED) is 0.787. The van der Waals surface area contributed by atoms with Gasteiger partial charge in [-0.2, -0.15) is 0 Å². The number of carbonyl (C=O) groups excluding carboxylic acids is 1. The number of nitrogens with one attached hydrogen (secondary N) is 2. The Morgan fingerprint density at radius 2 is 2.16 bits per heavy atom. The summed E-state index contributed by atoms with van der Waals surface area (Å²) < 4.78 is 4.48. The van der Waals surface area contributed by atoms with Crippen LogP contribution in [0.1, 0.15) is 31.2 Å². The van der Waals surface area contributed by atoms with Crippen molar-refractivity contribution in [2.24, 2.45) is 0 Å². The molecule has 0 aliphatic heterocycles. The fraction of sp³-hybridized carbons (Fsp3) is 0.462. The predicted octanol–water partition coefficient (Wildman–Crippen LogP) is 3.74. The average Bonchev–Trinajstić information content (AvgIpc) is 2.38. The second-order valence-corrected chi connectivity index (χ2v) is 4.99. The summed E-state index contributed by atoms with van der Waals surface area (Å²) in [5.74, 6) is 0.201. The van der Waals surface area contributed by atoms with Gasteiger partial charge in [0, 0.05) is 16.6 Å². The fourth-order valence-corrected chi connectivity index (χ4v) is 2.41. The second kappa shape index (κ2) is 8.25. The van der Waals surface area contributed by atoms with Gasteiger partial charge in [0.05, 0.1) is 7.11 Å². The lowest BCUT2D eigenvalue weighted by atomic mass is 9.94. The van der Waals surface area contributed by atoms with E-state index in [1.54, 1.807) is 6.07 Å². The number of benzene rings is 1. The molecule has 0 spiro atoms. The molecule has 4 nitrogen and oxygen atoms in total. The van der Waals surface area contributed by atoms with Crippen LogP contribution in [0.2, 0.25) is 10.0 Å². The Morgan fingerprint density at radius 3 is 2.74 bits per heavy atom.